The maximum absolute atomic E-state index is 13.7. The average Bonchev–Trinajstić information content (AvgIpc) is 3.54. The molecule has 0 saturated carbocycles. The van der Waals surface area contributed by atoms with E-state index in [1.165, 1.54) is 11.3 Å². The van der Waals surface area contributed by atoms with Crippen LogP contribution in [-0.4, -0.2) is 36.4 Å². The molecule has 42 heavy (non-hydrogen) atoms. The molecular formula is C33H36N4O4S. The zero-order valence-electron chi connectivity index (χ0n) is 23.5. The van der Waals surface area contributed by atoms with Crippen LogP contribution in [0, 0.1) is 0 Å². The van der Waals surface area contributed by atoms with Crippen molar-refractivity contribution in [1.29, 1.82) is 0 Å². The van der Waals surface area contributed by atoms with Crippen molar-refractivity contribution in [3.8, 4) is 5.75 Å². The number of thiophene rings is 1. The molecule has 0 radical (unpaired) electrons. The molecular weight excluding hydrogens is 548 g/mol. The van der Waals surface area contributed by atoms with E-state index in [1.54, 1.807) is 24.3 Å². The van der Waals surface area contributed by atoms with Crippen LogP contribution in [0.4, 0.5) is 0 Å². The van der Waals surface area contributed by atoms with Gasteiger partial charge in [0.15, 0.2) is 0 Å². The lowest BCUT2D eigenvalue weighted by molar-refractivity contribution is -0.130. The molecule has 1 heterocycles. The topological polar surface area (TPSA) is 123 Å². The van der Waals surface area contributed by atoms with E-state index in [0.717, 1.165) is 27.3 Å². The quantitative estimate of drug-likeness (QED) is 0.179. The number of carbonyl (C=O) groups is 3. The van der Waals surface area contributed by atoms with Crippen LogP contribution in [-0.2, 0) is 35.5 Å². The highest BCUT2D eigenvalue weighted by atomic mass is 32.1. The first kappa shape index (κ1) is 30.5. The van der Waals surface area contributed by atoms with Gasteiger partial charge in [0, 0.05) is 36.4 Å². The van der Waals surface area contributed by atoms with E-state index in [9.17, 15) is 14.4 Å². The molecule has 0 aliphatic heterocycles. The van der Waals surface area contributed by atoms with Crippen molar-refractivity contribution >= 4 is 29.1 Å². The summed E-state index contributed by atoms with van der Waals surface area (Å²) in [6, 6.07) is 25.9. The van der Waals surface area contributed by atoms with Gasteiger partial charge in [-0.1, -0.05) is 60.7 Å². The summed E-state index contributed by atoms with van der Waals surface area (Å²) in [6.45, 7) is 3.21. The first-order valence-corrected chi connectivity index (χ1v) is 14.8. The SMILES string of the molecule is CCOc1ccc(C[C@@H](NC(=O)c2ccccc2)C(=O)NC(Cc2cccs2)C(=O)NCc2ccc(CN)cc2)cc1. The van der Waals surface area contributed by atoms with E-state index in [2.05, 4.69) is 16.0 Å². The molecule has 9 heteroatoms. The van der Waals surface area contributed by atoms with Gasteiger partial charge in [-0.25, -0.2) is 0 Å². The first-order chi connectivity index (χ1) is 20.4. The molecule has 3 amide bonds. The molecule has 0 bridgehead atoms. The summed E-state index contributed by atoms with van der Waals surface area (Å²) >= 11 is 1.51. The van der Waals surface area contributed by atoms with Crippen LogP contribution in [0.1, 0.15) is 38.8 Å². The second-order valence-electron chi connectivity index (χ2n) is 9.76. The Morgan fingerprint density at radius 1 is 0.762 bits per heavy atom. The van der Waals surface area contributed by atoms with Crippen molar-refractivity contribution in [2.45, 2.75) is 44.9 Å². The largest absolute Gasteiger partial charge is 0.494 e. The van der Waals surface area contributed by atoms with Gasteiger partial charge in [0.1, 0.15) is 17.8 Å². The Morgan fingerprint density at radius 2 is 1.43 bits per heavy atom. The molecule has 4 aromatic rings. The number of carbonyl (C=O) groups excluding carboxylic acids is 3. The van der Waals surface area contributed by atoms with Gasteiger partial charge in [-0.3, -0.25) is 14.4 Å². The van der Waals surface area contributed by atoms with Crippen LogP contribution in [0.25, 0.3) is 0 Å². The molecule has 3 aromatic carbocycles. The average molecular weight is 585 g/mol. The van der Waals surface area contributed by atoms with Crippen molar-refractivity contribution in [2.75, 3.05) is 6.61 Å². The second-order valence-corrected chi connectivity index (χ2v) is 10.8. The van der Waals surface area contributed by atoms with E-state index in [1.807, 2.05) is 79.0 Å². The number of ether oxygens (including phenoxy) is 1. The second kappa shape index (κ2) is 15.5. The number of hydrogen-bond acceptors (Lipinski definition) is 6. The number of hydrogen-bond donors (Lipinski definition) is 4. The minimum Gasteiger partial charge on any atom is -0.494 e. The highest BCUT2D eigenvalue weighted by molar-refractivity contribution is 7.09. The minimum absolute atomic E-state index is 0.234. The number of nitrogens with one attached hydrogen (secondary N) is 3. The molecule has 1 unspecified atom stereocenters. The zero-order valence-corrected chi connectivity index (χ0v) is 24.4. The summed E-state index contributed by atoms with van der Waals surface area (Å²) < 4.78 is 5.53. The predicted molar refractivity (Wildman–Crippen MR) is 165 cm³/mol. The van der Waals surface area contributed by atoms with Gasteiger partial charge >= 0.3 is 0 Å². The van der Waals surface area contributed by atoms with Crippen LogP contribution in [0.3, 0.4) is 0 Å². The molecule has 0 fully saturated rings. The van der Waals surface area contributed by atoms with Crippen molar-refractivity contribution in [3.05, 3.63) is 124 Å². The number of amides is 3. The molecule has 0 aliphatic rings. The molecule has 0 saturated heterocycles. The van der Waals surface area contributed by atoms with Gasteiger partial charge in [-0.2, -0.15) is 0 Å². The Bertz CT molecular complexity index is 1430. The normalized spacial score (nSPS) is 12.1. The van der Waals surface area contributed by atoms with Gasteiger partial charge in [0.05, 0.1) is 6.61 Å². The Morgan fingerprint density at radius 3 is 2.07 bits per heavy atom. The molecule has 5 N–H and O–H groups in total. The van der Waals surface area contributed by atoms with Crippen LogP contribution < -0.4 is 26.4 Å². The van der Waals surface area contributed by atoms with E-state index in [-0.39, 0.29) is 18.2 Å². The first-order valence-electron chi connectivity index (χ1n) is 13.9. The molecule has 1 aromatic heterocycles. The molecule has 4 rings (SSSR count). The third-order valence-electron chi connectivity index (χ3n) is 6.68. The van der Waals surface area contributed by atoms with E-state index >= 15 is 0 Å². The van der Waals surface area contributed by atoms with Gasteiger partial charge in [0.2, 0.25) is 11.8 Å². The zero-order chi connectivity index (χ0) is 29.7. The van der Waals surface area contributed by atoms with Gasteiger partial charge < -0.3 is 26.4 Å². The maximum Gasteiger partial charge on any atom is 0.251 e. The van der Waals surface area contributed by atoms with Crippen molar-refractivity contribution < 1.29 is 19.1 Å². The fourth-order valence-electron chi connectivity index (χ4n) is 4.38. The molecule has 2 atom stereocenters. The van der Waals surface area contributed by atoms with Crippen molar-refractivity contribution in [2.24, 2.45) is 5.73 Å². The molecule has 0 spiro atoms. The summed E-state index contributed by atoms with van der Waals surface area (Å²) in [5.74, 6) is -0.409. The Labute approximate surface area is 250 Å². The minimum atomic E-state index is -0.918. The molecule has 8 nitrogen and oxygen atoms in total. The summed E-state index contributed by atoms with van der Waals surface area (Å²) in [5, 5.41) is 10.7. The van der Waals surface area contributed by atoms with Crippen LogP contribution in [0.15, 0.2) is 96.4 Å². The van der Waals surface area contributed by atoms with Crippen molar-refractivity contribution in [1.82, 2.24) is 16.0 Å². The summed E-state index contributed by atoms with van der Waals surface area (Å²) in [6.07, 6.45) is 0.557. The summed E-state index contributed by atoms with van der Waals surface area (Å²) in [7, 11) is 0. The third kappa shape index (κ3) is 9.02. The predicted octanol–water partition coefficient (Wildman–Crippen LogP) is 3.99. The summed E-state index contributed by atoms with van der Waals surface area (Å²) in [4.78, 5) is 41.1. The Balaban J connectivity index is 1.51. The fourth-order valence-corrected chi connectivity index (χ4v) is 5.13. The highest BCUT2D eigenvalue weighted by Gasteiger charge is 2.28. The van der Waals surface area contributed by atoms with Gasteiger partial charge in [-0.05, 0) is 59.3 Å². The standard InChI is InChI=1S/C33H36N4O4S/c1-2-41-27-16-14-23(15-17-27)19-29(36-31(38)26-7-4-3-5-8-26)33(40)37-30(20-28-9-6-18-42-28)32(39)35-22-25-12-10-24(21-34)11-13-25/h3-18,29-30H,2,19-22,34H2,1H3,(H,35,39)(H,36,38)(H,37,40)/t29-,30?/m1/s1. The van der Waals surface area contributed by atoms with Crippen LogP contribution in [0.2, 0.25) is 0 Å². The number of rotatable bonds is 14. The Kier molecular flexibility index (Phi) is 11.3. The van der Waals surface area contributed by atoms with E-state index in [0.29, 0.717) is 31.7 Å². The highest BCUT2D eigenvalue weighted by Crippen LogP contribution is 2.15. The lowest BCUT2D eigenvalue weighted by Crippen LogP contribution is -2.55. The molecule has 218 valence electrons. The van der Waals surface area contributed by atoms with Gasteiger partial charge in [0.25, 0.3) is 5.91 Å². The molecule has 0 aliphatic carbocycles. The smallest absolute Gasteiger partial charge is 0.251 e. The maximum atomic E-state index is 13.7. The Hall–Kier alpha value is -4.47. The monoisotopic (exact) mass is 584 g/mol. The fraction of sp³-hybridized carbons (Fsp3) is 0.242. The van der Waals surface area contributed by atoms with E-state index < -0.39 is 18.0 Å². The number of nitrogens with two attached hydrogens (primary N) is 1. The summed E-state index contributed by atoms with van der Waals surface area (Å²) in [5.41, 5.74) is 8.89. The third-order valence-corrected chi connectivity index (χ3v) is 7.57. The van der Waals surface area contributed by atoms with E-state index in [4.69, 9.17) is 10.5 Å². The van der Waals surface area contributed by atoms with Crippen molar-refractivity contribution in [3.63, 3.8) is 0 Å². The lowest BCUT2D eigenvalue weighted by Gasteiger charge is -2.23. The number of benzene rings is 3. The van der Waals surface area contributed by atoms with Crippen LogP contribution >= 0.6 is 11.3 Å². The lowest BCUT2D eigenvalue weighted by atomic mass is 10.0. The van der Waals surface area contributed by atoms with Crippen LogP contribution in [0.5, 0.6) is 5.75 Å². The van der Waals surface area contributed by atoms with Gasteiger partial charge in [-0.15, -0.1) is 11.3 Å².